The Labute approximate surface area is 233 Å². The average Bonchev–Trinajstić information content (AvgIpc) is 3.66. The molecule has 1 atom stereocenters. The maximum absolute atomic E-state index is 13.1. The fourth-order valence-electron chi connectivity index (χ4n) is 3.77. The van der Waals surface area contributed by atoms with E-state index in [0.29, 0.717) is 15.7 Å². The number of rotatable bonds is 8. The number of thiophene rings is 1. The van der Waals surface area contributed by atoms with Crippen LogP contribution < -0.4 is 10.1 Å². The molecule has 1 unspecified atom stereocenters. The second kappa shape index (κ2) is 11.6. The maximum Gasteiger partial charge on any atom is 0.239 e. The number of hydrogen-bond acceptors (Lipinski definition) is 8. The summed E-state index contributed by atoms with van der Waals surface area (Å²) >= 11 is 4.25. The molecule has 0 aliphatic heterocycles. The molecule has 0 fully saturated rings. The van der Waals surface area contributed by atoms with Crippen molar-refractivity contribution in [2.24, 2.45) is 0 Å². The lowest BCUT2D eigenvalue weighted by atomic mass is 9.99. The van der Waals surface area contributed by atoms with E-state index in [0.717, 1.165) is 38.7 Å². The highest BCUT2D eigenvalue weighted by molar-refractivity contribution is 8.00. The van der Waals surface area contributed by atoms with E-state index in [4.69, 9.17) is 9.72 Å². The predicted molar refractivity (Wildman–Crippen MR) is 156 cm³/mol. The van der Waals surface area contributed by atoms with Crippen LogP contribution in [0.2, 0.25) is 0 Å². The zero-order valence-corrected chi connectivity index (χ0v) is 23.0. The number of anilines is 1. The summed E-state index contributed by atoms with van der Waals surface area (Å²) in [5, 5.41) is 17.5. The molecule has 6 nitrogen and oxygen atoms in total. The highest BCUT2D eigenvalue weighted by atomic mass is 32.2. The number of carbonyl (C=O) groups excluding carboxylic acids is 1. The van der Waals surface area contributed by atoms with Crippen LogP contribution in [0.5, 0.6) is 5.75 Å². The summed E-state index contributed by atoms with van der Waals surface area (Å²) in [7, 11) is 1.62. The molecule has 0 aliphatic rings. The Morgan fingerprint density at radius 3 is 2.47 bits per heavy atom. The highest BCUT2D eigenvalue weighted by Gasteiger charge is 2.22. The van der Waals surface area contributed by atoms with Crippen molar-refractivity contribution >= 4 is 45.5 Å². The number of amides is 1. The van der Waals surface area contributed by atoms with Gasteiger partial charge in [0.15, 0.2) is 5.13 Å². The van der Waals surface area contributed by atoms with Crippen molar-refractivity contribution in [1.29, 1.82) is 5.26 Å². The van der Waals surface area contributed by atoms with Gasteiger partial charge in [0.25, 0.3) is 0 Å². The van der Waals surface area contributed by atoms with Gasteiger partial charge in [0, 0.05) is 16.5 Å². The molecule has 9 heteroatoms. The Hall–Kier alpha value is -3.97. The van der Waals surface area contributed by atoms with Crippen LogP contribution in [0, 0.1) is 11.3 Å². The normalized spacial score (nSPS) is 11.5. The average molecular weight is 555 g/mol. The fourth-order valence-corrected chi connectivity index (χ4v) is 6.17. The predicted octanol–water partition coefficient (Wildman–Crippen LogP) is 7.60. The lowest BCUT2D eigenvalue weighted by molar-refractivity contribution is -0.115. The molecule has 5 aromatic rings. The summed E-state index contributed by atoms with van der Waals surface area (Å²) in [4.78, 5) is 23.5. The number of thiazole rings is 1. The van der Waals surface area contributed by atoms with Crippen LogP contribution in [0.1, 0.15) is 12.5 Å². The van der Waals surface area contributed by atoms with Crippen LogP contribution in [-0.4, -0.2) is 28.2 Å². The molecule has 1 amide bonds. The van der Waals surface area contributed by atoms with Crippen LogP contribution in [0.15, 0.2) is 88.6 Å². The molecule has 0 radical (unpaired) electrons. The lowest BCUT2D eigenvalue weighted by Crippen LogP contribution is -2.22. The first-order valence-corrected chi connectivity index (χ1v) is 14.3. The SMILES string of the molecule is COc1ccc(-c2cc(-c3ccccc3)nc(SC(C)C(=O)Nc3nc(-c4cccs4)cs3)c2C#N)cc1. The first-order valence-electron chi connectivity index (χ1n) is 11.7. The van der Waals surface area contributed by atoms with E-state index in [-0.39, 0.29) is 5.91 Å². The van der Waals surface area contributed by atoms with E-state index >= 15 is 0 Å². The minimum atomic E-state index is -0.515. The van der Waals surface area contributed by atoms with Crippen molar-refractivity contribution in [2.75, 3.05) is 12.4 Å². The highest BCUT2D eigenvalue weighted by Crippen LogP contribution is 2.37. The maximum atomic E-state index is 13.1. The number of nitriles is 1. The third-order valence-corrected chi connectivity index (χ3v) is 8.47. The van der Waals surface area contributed by atoms with Crippen molar-refractivity contribution in [3.8, 4) is 44.8 Å². The summed E-state index contributed by atoms with van der Waals surface area (Å²) in [5.41, 5.74) is 4.53. The number of hydrogen-bond donors (Lipinski definition) is 1. The van der Waals surface area contributed by atoms with E-state index in [9.17, 15) is 10.1 Å². The largest absolute Gasteiger partial charge is 0.497 e. The van der Waals surface area contributed by atoms with Crippen LogP contribution in [-0.2, 0) is 4.79 Å². The molecule has 0 aliphatic carbocycles. The second-order valence-corrected chi connectivity index (χ2v) is 11.3. The number of methoxy groups -OCH3 is 1. The Morgan fingerprint density at radius 1 is 1.00 bits per heavy atom. The van der Waals surface area contributed by atoms with Crippen LogP contribution in [0.3, 0.4) is 0 Å². The quantitative estimate of drug-likeness (QED) is 0.199. The van der Waals surface area contributed by atoms with Gasteiger partial charge in [0.1, 0.15) is 16.8 Å². The van der Waals surface area contributed by atoms with Gasteiger partial charge in [0.05, 0.1) is 34.2 Å². The smallest absolute Gasteiger partial charge is 0.239 e. The van der Waals surface area contributed by atoms with E-state index in [1.807, 2.05) is 83.6 Å². The van der Waals surface area contributed by atoms with Gasteiger partial charge in [-0.3, -0.25) is 4.79 Å². The monoisotopic (exact) mass is 554 g/mol. The Kier molecular flexibility index (Phi) is 7.84. The molecule has 188 valence electrons. The topological polar surface area (TPSA) is 87.9 Å². The number of thioether (sulfide) groups is 1. The zero-order chi connectivity index (χ0) is 26.5. The summed E-state index contributed by atoms with van der Waals surface area (Å²) in [5.74, 6) is 0.526. The molecule has 3 aromatic heterocycles. The van der Waals surface area contributed by atoms with E-state index in [1.54, 1.807) is 25.4 Å². The van der Waals surface area contributed by atoms with Gasteiger partial charge in [-0.05, 0) is 42.1 Å². The van der Waals surface area contributed by atoms with Gasteiger partial charge in [0.2, 0.25) is 5.91 Å². The van der Waals surface area contributed by atoms with Gasteiger partial charge in [-0.2, -0.15) is 5.26 Å². The van der Waals surface area contributed by atoms with Crippen LogP contribution in [0.4, 0.5) is 5.13 Å². The van der Waals surface area contributed by atoms with Crippen molar-refractivity contribution in [3.63, 3.8) is 0 Å². The Balaban J connectivity index is 1.45. The second-order valence-electron chi connectivity index (χ2n) is 8.21. The number of aromatic nitrogens is 2. The summed E-state index contributed by atoms with van der Waals surface area (Å²) in [6.45, 7) is 1.80. The van der Waals surface area contributed by atoms with E-state index in [2.05, 4.69) is 16.4 Å². The first kappa shape index (κ1) is 25.7. The number of nitrogens with zero attached hydrogens (tertiary/aromatic N) is 3. The standard InChI is InChI=1S/C29H22N4O2S3/c1-18(27(34)33-29-32-25(17-37-29)26-9-6-14-36-26)38-28-23(16-30)22(19-10-12-21(35-2)13-11-19)15-24(31-28)20-7-4-3-5-8-20/h3-15,17-18H,1-2H3,(H,32,33,34). The first-order chi connectivity index (χ1) is 18.6. The summed E-state index contributed by atoms with van der Waals surface area (Å²) in [6.07, 6.45) is 0. The molecule has 1 N–H and O–H groups in total. The third-order valence-electron chi connectivity index (χ3n) is 5.73. The fraction of sp³-hybridized carbons (Fsp3) is 0.103. The summed E-state index contributed by atoms with van der Waals surface area (Å²) in [6, 6.07) is 25.6. The minimum Gasteiger partial charge on any atom is -0.497 e. The lowest BCUT2D eigenvalue weighted by Gasteiger charge is -2.15. The zero-order valence-electron chi connectivity index (χ0n) is 20.5. The van der Waals surface area contributed by atoms with Crippen molar-refractivity contribution in [2.45, 2.75) is 17.2 Å². The van der Waals surface area contributed by atoms with Crippen LogP contribution in [0.25, 0.3) is 33.0 Å². The van der Waals surface area contributed by atoms with E-state index < -0.39 is 5.25 Å². The number of benzene rings is 2. The number of ether oxygens (including phenoxy) is 1. The molecule has 0 saturated carbocycles. The molecule has 2 aromatic carbocycles. The third kappa shape index (κ3) is 5.63. The molecule has 5 rings (SSSR count). The van der Waals surface area contributed by atoms with Crippen molar-refractivity contribution < 1.29 is 9.53 Å². The van der Waals surface area contributed by atoms with Gasteiger partial charge >= 0.3 is 0 Å². The number of nitrogens with one attached hydrogen (secondary N) is 1. The van der Waals surface area contributed by atoms with Gasteiger partial charge < -0.3 is 10.1 Å². The van der Waals surface area contributed by atoms with Gasteiger partial charge in [-0.25, -0.2) is 9.97 Å². The van der Waals surface area contributed by atoms with Crippen molar-refractivity contribution in [1.82, 2.24) is 9.97 Å². The van der Waals surface area contributed by atoms with Gasteiger partial charge in [-0.1, -0.05) is 60.3 Å². The molecule has 0 spiro atoms. The molecular weight excluding hydrogens is 533 g/mol. The number of pyridine rings is 1. The molecule has 38 heavy (non-hydrogen) atoms. The minimum absolute atomic E-state index is 0.205. The van der Waals surface area contributed by atoms with E-state index in [1.165, 1.54) is 23.1 Å². The van der Waals surface area contributed by atoms with Gasteiger partial charge in [-0.15, -0.1) is 22.7 Å². The molecule has 0 saturated heterocycles. The molecule has 3 heterocycles. The number of carbonyl (C=O) groups is 1. The summed E-state index contributed by atoms with van der Waals surface area (Å²) < 4.78 is 5.30. The van der Waals surface area contributed by atoms with Crippen molar-refractivity contribution in [3.05, 3.63) is 89.1 Å². The van der Waals surface area contributed by atoms with Crippen LogP contribution >= 0.6 is 34.4 Å². The molecule has 0 bridgehead atoms. The molecular formula is C29H22N4O2S3. The Bertz CT molecular complexity index is 1590. The Morgan fingerprint density at radius 2 is 1.79 bits per heavy atom.